The second-order valence-corrected chi connectivity index (χ2v) is 4.85. The molecule has 0 unspecified atom stereocenters. The Labute approximate surface area is 116 Å². The van der Waals surface area contributed by atoms with Crippen molar-refractivity contribution in [1.82, 2.24) is 4.57 Å². The van der Waals surface area contributed by atoms with Crippen molar-refractivity contribution < 1.29 is 9.14 Å². The molecular weight excluding hydrogens is 260 g/mol. The van der Waals surface area contributed by atoms with Crippen LogP contribution in [0.5, 0.6) is 5.75 Å². The van der Waals surface area contributed by atoms with Crippen LogP contribution in [0, 0.1) is 0 Å². The SMILES string of the molecule is COc1cccc(-c2c[n+]3cc(Cl)ccc3n2C)c1. The molecule has 96 valence electrons. The largest absolute Gasteiger partial charge is 0.497 e. The molecule has 4 heteroatoms. The van der Waals surface area contributed by atoms with Crippen molar-refractivity contribution in [2.24, 2.45) is 7.05 Å². The van der Waals surface area contributed by atoms with Crippen LogP contribution in [-0.2, 0) is 7.05 Å². The van der Waals surface area contributed by atoms with Crippen molar-refractivity contribution in [3.05, 3.63) is 53.8 Å². The number of fused-ring (bicyclic) bond motifs is 1. The molecule has 0 amide bonds. The second kappa shape index (κ2) is 4.59. The maximum atomic E-state index is 6.02. The number of halogens is 1. The van der Waals surface area contributed by atoms with Crippen LogP contribution in [0.15, 0.2) is 48.8 Å². The number of pyridine rings is 1. The van der Waals surface area contributed by atoms with Crippen molar-refractivity contribution in [1.29, 1.82) is 0 Å². The van der Waals surface area contributed by atoms with Crippen molar-refractivity contribution in [2.75, 3.05) is 7.11 Å². The summed E-state index contributed by atoms with van der Waals surface area (Å²) in [5.41, 5.74) is 3.31. The second-order valence-electron chi connectivity index (χ2n) is 4.42. The number of methoxy groups -OCH3 is 1. The van der Waals surface area contributed by atoms with Gasteiger partial charge in [0.15, 0.2) is 5.69 Å². The first-order valence-corrected chi connectivity index (χ1v) is 6.37. The number of imidazole rings is 1. The number of ether oxygens (including phenoxy) is 1. The fourth-order valence-corrected chi connectivity index (χ4v) is 2.43. The minimum Gasteiger partial charge on any atom is -0.497 e. The van der Waals surface area contributed by atoms with E-state index in [1.54, 1.807) is 7.11 Å². The van der Waals surface area contributed by atoms with Gasteiger partial charge in [-0.15, -0.1) is 0 Å². The van der Waals surface area contributed by atoms with Gasteiger partial charge in [-0.25, -0.2) is 8.97 Å². The number of nitrogens with zero attached hydrogens (tertiary/aromatic N) is 2. The summed E-state index contributed by atoms with van der Waals surface area (Å²) in [6.07, 6.45) is 3.97. The highest BCUT2D eigenvalue weighted by atomic mass is 35.5. The Hall–Kier alpha value is -2.00. The predicted octanol–water partition coefficient (Wildman–Crippen LogP) is 3.09. The number of aryl methyl sites for hydroxylation is 1. The summed E-state index contributed by atoms with van der Waals surface area (Å²) in [6, 6.07) is 11.9. The van der Waals surface area contributed by atoms with Crippen LogP contribution in [-0.4, -0.2) is 11.7 Å². The summed E-state index contributed by atoms with van der Waals surface area (Å²) in [7, 11) is 3.72. The monoisotopic (exact) mass is 273 g/mol. The maximum Gasteiger partial charge on any atom is 0.286 e. The summed E-state index contributed by atoms with van der Waals surface area (Å²) in [4.78, 5) is 0. The van der Waals surface area contributed by atoms with Gasteiger partial charge in [-0.05, 0) is 18.2 Å². The van der Waals surface area contributed by atoms with E-state index >= 15 is 0 Å². The molecule has 0 aliphatic rings. The molecule has 3 rings (SSSR count). The van der Waals surface area contributed by atoms with Gasteiger partial charge in [-0.1, -0.05) is 23.7 Å². The molecule has 0 N–H and O–H groups in total. The lowest BCUT2D eigenvalue weighted by Crippen LogP contribution is -2.17. The lowest BCUT2D eigenvalue weighted by atomic mass is 10.1. The Kier molecular flexibility index (Phi) is 2.91. The standard InChI is InChI=1S/C15H14ClN2O/c1-17-14(11-4-3-5-13(8-11)19-2)10-18-9-12(16)6-7-15(17)18/h3-10H,1-2H3/q+1. The summed E-state index contributed by atoms with van der Waals surface area (Å²) >= 11 is 6.02. The summed E-state index contributed by atoms with van der Waals surface area (Å²) in [5, 5.41) is 0.722. The third-order valence-corrected chi connectivity index (χ3v) is 3.47. The summed E-state index contributed by atoms with van der Waals surface area (Å²) < 4.78 is 9.43. The van der Waals surface area contributed by atoms with Gasteiger partial charge in [0.2, 0.25) is 0 Å². The fourth-order valence-electron chi connectivity index (χ4n) is 2.26. The quantitative estimate of drug-likeness (QED) is 0.656. The Morgan fingerprint density at radius 2 is 2.00 bits per heavy atom. The van der Waals surface area contributed by atoms with E-state index in [1.165, 1.54) is 0 Å². The van der Waals surface area contributed by atoms with Gasteiger partial charge in [0, 0.05) is 11.6 Å². The van der Waals surface area contributed by atoms with Crippen LogP contribution in [0.3, 0.4) is 0 Å². The first-order valence-electron chi connectivity index (χ1n) is 6.00. The topological polar surface area (TPSA) is 18.3 Å². The Morgan fingerprint density at radius 3 is 2.79 bits per heavy atom. The molecule has 1 aromatic carbocycles. The molecule has 3 nitrogen and oxygen atoms in total. The van der Waals surface area contributed by atoms with Gasteiger partial charge in [-0.3, -0.25) is 0 Å². The van der Waals surface area contributed by atoms with E-state index < -0.39 is 0 Å². The molecule has 0 fully saturated rings. The van der Waals surface area contributed by atoms with Crippen molar-refractivity contribution in [2.45, 2.75) is 0 Å². The molecule has 0 radical (unpaired) electrons. The van der Waals surface area contributed by atoms with Crippen molar-refractivity contribution >= 4 is 17.2 Å². The molecular formula is C15H14ClN2O+. The number of hydrogen-bond donors (Lipinski definition) is 0. The van der Waals surface area contributed by atoms with Gasteiger partial charge in [-0.2, -0.15) is 0 Å². The summed E-state index contributed by atoms with van der Waals surface area (Å²) in [6.45, 7) is 0. The molecule has 3 aromatic rings. The Morgan fingerprint density at radius 1 is 1.16 bits per heavy atom. The van der Waals surface area contributed by atoms with Gasteiger partial charge >= 0.3 is 0 Å². The van der Waals surface area contributed by atoms with Crippen LogP contribution in [0.1, 0.15) is 0 Å². The van der Waals surface area contributed by atoms with Crippen molar-refractivity contribution in [3.63, 3.8) is 0 Å². The molecule has 0 atom stereocenters. The van der Waals surface area contributed by atoms with Gasteiger partial charge in [0.05, 0.1) is 19.2 Å². The average molecular weight is 274 g/mol. The lowest BCUT2D eigenvalue weighted by Gasteiger charge is -2.01. The van der Waals surface area contributed by atoms with Gasteiger partial charge in [0.1, 0.15) is 18.1 Å². The van der Waals surface area contributed by atoms with Crippen LogP contribution in [0.2, 0.25) is 5.02 Å². The van der Waals surface area contributed by atoms with E-state index in [0.29, 0.717) is 0 Å². The zero-order chi connectivity index (χ0) is 13.4. The van der Waals surface area contributed by atoms with Crippen LogP contribution in [0.4, 0.5) is 0 Å². The molecule has 0 aliphatic heterocycles. The third kappa shape index (κ3) is 2.06. The first-order chi connectivity index (χ1) is 9.19. The first kappa shape index (κ1) is 12.1. The van der Waals surface area contributed by atoms with E-state index in [0.717, 1.165) is 27.7 Å². The van der Waals surface area contributed by atoms with E-state index in [1.807, 2.05) is 48.0 Å². The Balaban J connectivity index is 2.21. The van der Waals surface area contributed by atoms with E-state index in [2.05, 4.69) is 16.8 Å². The highest BCUT2D eigenvalue weighted by molar-refractivity contribution is 6.30. The number of benzene rings is 1. The van der Waals surface area contributed by atoms with Crippen LogP contribution >= 0.6 is 11.6 Å². The highest BCUT2D eigenvalue weighted by Gasteiger charge is 2.16. The van der Waals surface area contributed by atoms with Crippen LogP contribution < -0.4 is 9.14 Å². The van der Waals surface area contributed by atoms with E-state index in [-0.39, 0.29) is 0 Å². The molecule has 2 aromatic heterocycles. The van der Waals surface area contributed by atoms with Gasteiger partial charge in [0.25, 0.3) is 5.65 Å². The highest BCUT2D eigenvalue weighted by Crippen LogP contribution is 2.24. The van der Waals surface area contributed by atoms with Crippen molar-refractivity contribution in [3.8, 4) is 17.0 Å². The average Bonchev–Trinajstić information content (AvgIpc) is 2.75. The van der Waals surface area contributed by atoms with E-state index in [9.17, 15) is 0 Å². The third-order valence-electron chi connectivity index (χ3n) is 3.25. The molecule has 0 saturated carbocycles. The Bertz CT molecular complexity index is 749. The molecule has 0 bridgehead atoms. The van der Waals surface area contributed by atoms with Crippen LogP contribution in [0.25, 0.3) is 16.9 Å². The zero-order valence-electron chi connectivity index (χ0n) is 10.8. The smallest absolute Gasteiger partial charge is 0.286 e. The predicted molar refractivity (Wildman–Crippen MR) is 75.6 cm³/mol. The van der Waals surface area contributed by atoms with E-state index in [4.69, 9.17) is 16.3 Å². The number of hydrogen-bond acceptors (Lipinski definition) is 1. The number of rotatable bonds is 2. The molecule has 2 heterocycles. The normalized spacial score (nSPS) is 10.9. The fraction of sp³-hybridized carbons (Fsp3) is 0.133. The zero-order valence-corrected chi connectivity index (χ0v) is 11.6. The van der Waals surface area contributed by atoms with Gasteiger partial charge < -0.3 is 4.74 Å². The molecule has 19 heavy (non-hydrogen) atoms. The maximum absolute atomic E-state index is 6.02. The molecule has 0 saturated heterocycles. The minimum absolute atomic E-state index is 0.722. The minimum atomic E-state index is 0.722. The lowest BCUT2D eigenvalue weighted by molar-refractivity contribution is -0.510. The molecule has 0 aliphatic carbocycles. The number of aromatic nitrogens is 2. The molecule has 0 spiro atoms. The summed E-state index contributed by atoms with van der Waals surface area (Å²) in [5.74, 6) is 0.853.